The van der Waals surface area contributed by atoms with Gasteiger partial charge in [-0.25, -0.2) is 0 Å². The van der Waals surface area contributed by atoms with Crippen molar-refractivity contribution >= 4 is 69.4 Å². The van der Waals surface area contributed by atoms with Crippen LogP contribution in [0.25, 0.3) is 0 Å². The van der Waals surface area contributed by atoms with Crippen molar-refractivity contribution in [3.63, 3.8) is 0 Å². The van der Waals surface area contributed by atoms with Gasteiger partial charge in [-0.05, 0) is 61.0 Å². The summed E-state index contributed by atoms with van der Waals surface area (Å²) >= 11 is 18.6. The topological polar surface area (TPSA) is 92.3 Å². The maximum atomic E-state index is 12.7. The van der Waals surface area contributed by atoms with Gasteiger partial charge < -0.3 is 20.1 Å². The van der Waals surface area contributed by atoms with Crippen molar-refractivity contribution in [3.8, 4) is 11.5 Å². The Morgan fingerprint density at radius 2 is 1.39 bits per heavy atom. The third-order valence-corrected chi connectivity index (χ3v) is 8.18. The van der Waals surface area contributed by atoms with Gasteiger partial charge in [0.05, 0.1) is 22.3 Å². The second-order valence-electron chi connectivity index (χ2n) is 11.2. The lowest BCUT2D eigenvalue weighted by atomic mass is 10.1. The molecule has 1 heterocycles. The Hall–Kier alpha value is -3.46. The first kappa shape index (κ1) is 35.4. The number of hydrogen-bond donors (Lipinski definition) is 2. The number of halogens is 3. The number of nitrogens with zero attached hydrogens (tertiary/aromatic N) is 2. The second kappa shape index (κ2) is 18.6. The number of unbranched alkanes of at least 4 members (excludes halogenated alkanes) is 9. The Kier molecular flexibility index (Phi) is 14.3. The van der Waals surface area contributed by atoms with Gasteiger partial charge in [0.1, 0.15) is 18.0 Å². The first-order valence-electron chi connectivity index (χ1n) is 15.9. The van der Waals surface area contributed by atoms with E-state index in [0.29, 0.717) is 34.4 Å². The van der Waals surface area contributed by atoms with E-state index in [4.69, 9.17) is 44.3 Å². The highest BCUT2D eigenvalue weighted by Crippen LogP contribution is 2.37. The van der Waals surface area contributed by atoms with Crippen molar-refractivity contribution in [1.29, 1.82) is 0 Å². The van der Waals surface area contributed by atoms with Gasteiger partial charge in [-0.3, -0.25) is 14.6 Å². The molecule has 1 aliphatic rings. The van der Waals surface area contributed by atoms with Gasteiger partial charge in [-0.15, -0.1) is 0 Å². The highest BCUT2D eigenvalue weighted by Gasteiger charge is 2.28. The molecular formula is C35H41Cl3N4O4. The first-order valence-corrected chi connectivity index (χ1v) is 17.0. The summed E-state index contributed by atoms with van der Waals surface area (Å²) in [5, 5.41) is 12.5. The Morgan fingerprint density at radius 1 is 0.804 bits per heavy atom. The maximum Gasteiger partial charge on any atom is 0.262 e. The van der Waals surface area contributed by atoms with Gasteiger partial charge >= 0.3 is 0 Å². The van der Waals surface area contributed by atoms with Gasteiger partial charge in [-0.1, -0.05) is 106 Å². The molecule has 8 nitrogen and oxygen atoms in total. The fraction of sp³-hybridized carbons (Fsp3) is 0.400. The molecule has 0 aromatic heterocycles. The monoisotopic (exact) mass is 686 g/mol. The van der Waals surface area contributed by atoms with E-state index < -0.39 is 0 Å². The van der Waals surface area contributed by atoms with E-state index in [1.807, 2.05) is 12.1 Å². The lowest BCUT2D eigenvalue weighted by Crippen LogP contribution is -2.23. The number of ether oxygens (including phenoxy) is 2. The average molecular weight is 688 g/mol. The maximum absolute atomic E-state index is 12.7. The molecular weight excluding hydrogens is 647 g/mol. The van der Waals surface area contributed by atoms with Gasteiger partial charge in [0, 0.05) is 16.4 Å². The smallest absolute Gasteiger partial charge is 0.262 e. The number of nitrogens with one attached hydrogen (secondary N) is 2. The van der Waals surface area contributed by atoms with Crippen molar-refractivity contribution in [2.24, 2.45) is 5.10 Å². The number of hydrazone groups is 1. The minimum absolute atomic E-state index is 0.0381. The van der Waals surface area contributed by atoms with E-state index >= 15 is 0 Å². The van der Waals surface area contributed by atoms with Crippen molar-refractivity contribution < 1.29 is 19.1 Å². The first-order chi connectivity index (χ1) is 22.3. The Morgan fingerprint density at radius 3 is 2.04 bits per heavy atom. The van der Waals surface area contributed by atoms with Gasteiger partial charge in [0.15, 0.2) is 12.4 Å². The van der Waals surface area contributed by atoms with Crippen LogP contribution in [0.2, 0.25) is 15.1 Å². The fourth-order valence-electron chi connectivity index (χ4n) is 5.00. The summed E-state index contributed by atoms with van der Waals surface area (Å²) in [6.07, 6.45) is 12.9. The van der Waals surface area contributed by atoms with Crippen LogP contribution in [0.5, 0.6) is 11.5 Å². The third-order valence-electron chi connectivity index (χ3n) is 7.39. The highest BCUT2D eigenvalue weighted by molar-refractivity contribution is 6.47. The van der Waals surface area contributed by atoms with E-state index in [0.717, 1.165) is 12.2 Å². The molecule has 0 aliphatic carbocycles. The molecule has 0 radical (unpaired) electrons. The van der Waals surface area contributed by atoms with Crippen molar-refractivity contribution in [3.05, 3.63) is 75.7 Å². The van der Waals surface area contributed by atoms with Crippen LogP contribution in [-0.4, -0.2) is 37.3 Å². The zero-order chi connectivity index (χ0) is 32.7. The number of amides is 1. The lowest BCUT2D eigenvalue weighted by molar-refractivity contribution is -0.118. The minimum Gasteiger partial charge on any atom is -0.494 e. The largest absolute Gasteiger partial charge is 0.494 e. The summed E-state index contributed by atoms with van der Waals surface area (Å²) in [6, 6.07) is 17.3. The molecule has 1 aliphatic heterocycles. The molecule has 246 valence electrons. The lowest BCUT2D eigenvalue weighted by Gasteiger charge is -2.16. The standard InChI is InChI=1S/C35H41Cl3N4O4/c1-2-3-4-5-6-7-8-9-10-11-19-45-28-15-17-29(18-16-28)46-24-33(44)39-26-13-12-14-27(22-26)40-35-32(43)23-42(41-35)34-30(37)20-25(36)21-31(34)38/h12-18,20-22H,2-11,19,23-24H2,1H3,(H,39,44)(H,40,41). The second-order valence-corrected chi connectivity index (χ2v) is 12.4. The number of anilines is 3. The molecule has 0 unspecified atom stereocenters. The molecule has 0 saturated heterocycles. The Bertz CT molecular complexity index is 1460. The number of carbonyl (C=O) groups excluding carboxylic acids is 2. The molecule has 1 amide bonds. The molecule has 0 spiro atoms. The van der Waals surface area contributed by atoms with Gasteiger partial charge in [0.25, 0.3) is 5.91 Å². The van der Waals surface area contributed by atoms with Crippen LogP contribution in [0.3, 0.4) is 0 Å². The third kappa shape index (κ3) is 11.4. The highest BCUT2D eigenvalue weighted by atomic mass is 35.5. The summed E-state index contributed by atoms with van der Waals surface area (Å²) in [4.78, 5) is 25.2. The van der Waals surface area contributed by atoms with Gasteiger partial charge in [0.2, 0.25) is 5.78 Å². The molecule has 2 N–H and O–H groups in total. The van der Waals surface area contributed by atoms with Crippen LogP contribution >= 0.6 is 34.8 Å². The summed E-state index contributed by atoms with van der Waals surface area (Å²) < 4.78 is 11.5. The Labute approximate surface area is 286 Å². The molecule has 0 atom stereocenters. The van der Waals surface area contributed by atoms with E-state index in [9.17, 15) is 9.59 Å². The quantitative estimate of drug-likeness (QED) is 0.129. The average Bonchev–Trinajstić information content (AvgIpc) is 3.37. The van der Waals surface area contributed by atoms with Crippen LogP contribution in [-0.2, 0) is 9.59 Å². The number of carbonyl (C=O) groups is 2. The fourth-order valence-corrected chi connectivity index (χ4v) is 6.01. The molecule has 3 aromatic rings. The van der Waals surface area contributed by atoms with Crippen molar-refractivity contribution in [2.45, 2.75) is 71.1 Å². The molecule has 3 aromatic carbocycles. The van der Waals surface area contributed by atoms with Gasteiger partial charge in [-0.2, -0.15) is 5.10 Å². The summed E-state index contributed by atoms with van der Waals surface area (Å²) in [7, 11) is 0. The summed E-state index contributed by atoms with van der Waals surface area (Å²) in [5.74, 6) is 0.890. The number of Topliss-reactive ketones (excluding diaryl/α,β-unsaturated/α-hetero) is 1. The SMILES string of the molecule is CCCCCCCCCCCCOc1ccc(OCC(=O)Nc2cccc(NC3=NN(c4c(Cl)cc(Cl)cc4Cl)CC3=O)c2)cc1. The van der Waals surface area contributed by atoms with Crippen LogP contribution < -0.4 is 25.1 Å². The van der Waals surface area contributed by atoms with Crippen LogP contribution in [0.1, 0.15) is 71.1 Å². The molecule has 0 fully saturated rings. The number of benzene rings is 3. The predicted octanol–water partition coefficient (Wildman–Crippen LogP) is 9.78. The number of rotatable bonds is 18. The molecule has 11 heteroatoms. The van der Waals surface area contributed by atoms with E-state index in [2.05, 4.69) is 22.7 Å². The normalized spacial score (nSPS) is 12.7. The van der Waals surface area contributed by atoms with Crippen LogP contribution in [0, 0.1) is 0 Å². The zero-order valence-corrected chi connectivity index (χ0v) is 28.4. The molecule has 4 rings (SSSR count). The summed E-state index contributed by atoms with van der Waals surface area (Å²) in [6.45, 7) is 2.74. The van der Waals surface area contributed by atoms with E-state index in [1.54, 1.807) is 36.4 Å². The predicted molar refractivity (Wildman–Crippen MR) is 189 cm³/mol. The molecule has 0 bridgehead atoms. The summed E-state index contributed by atoms with van der Waals surface area (Å²) in [5.41, 5.74) is 1.49. The van der Waals surface area contributed by atoms with Crippen LogP contribution in [0.15, 0.2) is 65.8 Å². The zero-order valence-electron chi connectivity index (χ0n) is 26.1. The van der Waals surface area contributed by atoms with E-state index in [1.165, 1.54) is 74.9 Å². The minimum atomic E-state index is -0.328. The van der Waals surface area contributed by atoms with Crippen molar-refractivity contribution in [1.82, 2.24) is 0 Å². The Balaban J connectivity index is 1.16. The number of hydrogen-bond acceptors (Lipinski definition) is 7. The van der Waals surface area contributed by atoms with Crippen LogP contribution in [0.4, 0.5) is 17.1 Å². The van der Waals surface area contributed by atoms with E-state index in [-0.39, 0.29) is 40.7 Å². The number of amidine groups is 1. The molecule has 46 heavy (non-hydrogen) atoms. The molecule has 0 saturated carbocycles. The van der Waals surface area contributed by atoms with Crippen molar-refractivity contribution in [2.75, 3.05) is 35.4 Å². The number of ketones is 1.